The first-order chi connectivity index (χ1) is 13.0. The second kappa shape index (κ2) is 11.0. The van der Waals surface area contributed by atoms with Gasteiger partial charge < -0.3 is 19.3 Å². The molecule has 27 heavy (non-hydrogen) atoms. The van der Waals surface area contributed by atoms with Crippen molar-refractivity contribution in [3.05, 3.63) is 29.8 Å². The third-order valence-electron chi connectivity index (χ3n) is 5.89. The molecule has 0 spiro atoms. The predicted molar refractivity (Wildman–Crippen MR) is 109 cm³/mol. The van der Waals surface area contributed by atoms with Crippen LogP contribution in [0.1, 0.15) is 71.7 Å². The summed E-state index contributed by atoms with van der Waals surface area (Å²) >= 11 is 0. The lowest BCUT2D eigenvalue weighted by molar-refractivity contribution is -0.257. The topological polar surface area (TPSA) is 47.9 Å². The Labute approximate surface area is 165 Å². The summed E-state index contributed by atoms with van der Waals surface area (Å²) in [4.78, 5) is 0. The van der Waals surface area contributed by atoms with Gasteiger partial charge in [-0.3, -0.25) is 0 Å². The van der Waals surface area contributed by atoms with Crippen molar-refractivity contribution in [2.24, 2.45) is 17.8 Å². The van der Waals surface area contributed by atoms with E-state index in [1.54, 1.807) is 7.11 Å². The van der Waals surface area contributed by atoms with Gasteiger partial charge in [0.2, 0.25) is 0 Å². The van der Waals surface area contributed by atoms with Gasteiger partial charge in [-0.2, -0.15) is 0 Å². The average molecular weight is 379 g/mol. The monoisotopic (exact) mass is 378 g/mol. The lowest BCUT2D eigenvalue weighted by Gasteiger charge is -2.40. The first-order valence-corrected chi connectivity index (χ1v) is 10.6. The quantitative estimate of drug-likeness (QED) is 0.558. The van der Waals surface area contributed by atoms with Gasteiger partial charge in [0.25, 0.3) is 0 Å². The molecule has 6 atom stereocenters. The lowest BCUT2D eigenvalue weighted by Crippen LogP contribution is -2.44. The zero-order valence-corrected chi connectivity index (χ0v) is 17.7. The molecule has 0 bridgehead atoms. The molecule has 1 heterocycles. The Balaban J connectivity index is 1.95. The van der Waals surface area contributed by atoms with E-state index in [1.807, 2.05) is 24.3 Å². The number of methoxy groups -OCH3 is 1. The Morgan fingerprint density at radius 1 is 1.15 bits per heavy atom. The number of ether oxygens (including phenoxy) is 3. The molecule has 0 amide bonds. The second-order valence-corrected chi connectivity index (χ2v) is 8.19. The molecule has 0 aromatic heterocycles. The van der Waals surface area contributed by atoms with E-state index in [-0.39, 0.29) is 36.3 Å². The molecule has 1 N–H and O–H groups in total. The summed E-state index contributed by atoms with van der Waals surface area (Å²) in [5, 5.41) is 10.9. The molecule has 0 aliphatic carbocycles. The van der Waals surface area contributed by atoms with Crippen LogP contribution in [0.15, 0.2) is 24.3 Å². The van der Waals surface area contributed by atoms with Gasteiger partial charge in [0.1, 0.15) is 5.75 Å². The van der Waals surface area contributed by atoms with Crippen LogP contribution in [0.4, 0.5) is 0 Å². The van der Waals surface area contributed by atoms with Gasteiger partial charge in [0.15, 0.2) is 6.29 Å². The Hall–Kier alpha value is -1.10. The molecule has 1 fully saturated rings. The number of aliphatic hydroxyl groups is 1. The Bertz CT molecular complexity index is 530. The van der Waals surface area contributed by atoms with Crippen LogP contribution in [0.5, 0.6) is 5.75 Å². The highest BCUT2D eigenvalue weighted by Crippen LogP contribution is 2.35. The summed E-state index contributed by atoms with van der Waals surface area (Å²) in [6.07, 6.45) is 5.29. The van der Waals surface area contributed by atoms with Crippen molar-refractivity contribution in [1.82, 2.24) is 0 Å². The highest BCUT2D eigenvalue weighted by Gasteiger charge is 2.37. The van der Waals surface area contributed by atoms with Crippen molar-refractivity contribution in [3.8, 4) is 5.75 Å². The molecule has 1 aliphatic rings. The minimum Gasteiger partial charge on any atom is -0.497 e. The number of hydrogen-bond acceptors (Lipinski definition) is 4. The molecule has 2 rings (SSSR count). The Kier molecular flexibility index (Phi) is 9.07. The number of hydrogen-bond donors (Lipinski definition) is 1. The maximum Gasteiger partial charge on any atom is 0.184 e. The van der Waals surface area contributed by atoms with Crippen LogP contribution in [-0.4, -0.2) is 31.0 Å². The Morgan fingerprint density at radius 2 is 1.85 bits per heavy atom. The maximum absolute atomic E-state index is 10.9. The smallest absolute Gasteiger partial charge is 0.184 e. The molecule has 1 aliphatic heterocycles. The molecule has 154 valence electrons. The fourth-order valence-electron chi connectivity index (χ4n) is 4.00. The predicted octanol–water partition coefficient (Wildman–Crippen LogP) is 5.35. The highest BCUT2D eigenvalue weighted by molar-refractivity contribution is 5.28. The third kappa shape index (κ3) is 6.20. The van der Waals surface area contributed by atoms with E-state index in [2.05, 4.69) is 27.7 Å². The van der Waals surface area contributed by atoms with E-state index in [4.69, 9.17) is 14.2 Å². The summed E-state index contributed by atoms with van der Waals surface area (Å²) in [6.45, 7) is 9.29. The van der Waals surface area contributed by atoms with Gasteiger partial charge >= 0.3 is 0 Å². The van der Waals surface area contributed by atoms with Gasteiger partial charge in [-0.1, -0.05) is 65.5 Å². The van der Waals surface area contributed by atoms with Gasteiger partial charge in [0, 0.05) is 17.4 Å². The van der Waals surface area contributed by atoms with E-state index >= 15 is 0 Å². The van der Waals surface area contributed by atoms with Crippen molar-refractivity contribution in [1.29, 1.82) is 0 Å². The van der Waals surface area contributed by atoms with Crippen molar-refractivity contribution in [3.63, 3.8) is 0 Å². The minimum atomic E-state index is -0.383. The van der Waals surface area contributed by atoms with E-state index in [0.29, 0.717) is 6.61 Å². The number of unbranched alkanes of at least 4 members (excludes halogenated alkanes) is 3. The number of rotatable bonds is 10. The number of benzene rings is 1. The van der Waals surface area contributed by atoms with E-state index in [1.165, 1.54) is 25.7 Å². The second-order valence-electron chi connectivity index (χ2n) is 8.19. The number of aliphatic hydroxyl groups excluding tert-OH is 1. The fourth-order valence-corrected chi connectivity index (χ4v) is 4.00. The summed E-state index contributed by atoms with van der Waals surface area (Å²) in [5.74, 6) is 1.44. The molecule has 1 aromatic carbocycles. The largest absolute Gasteiger partial charge is 0.497 e. The van der Waals surface area contributed by atoms with E-state index < -0.39 is 0 Å². The lowest BCUT2D eigenvalue weighted by atomic mass is 9.82. The van der Waals surface area contributed by atoms with Gasteiger partial charge in [-0.25, -0.2) is 0 Å². The average Bonchev–Trinajstić information content (AvgIpc) is 2.70. The molecule has 1 unspecified atom stereocenters. The summed E-state index contributed by atoms with van der Waals surface area (Å²) < 4.78 is 17.5. The zero-order valence-electron chi connectivity index (χ0n) is 17.7. The zero-order chi connectivity index (χ0) is 19.8. The molecule has 1 saturated heterocycles. The molecule has 4 nitrogen and oxygen atoms in total. The highest BCUT2D eigenvalue weighted by atomic mass is 16.7. The van der Waals surface area contributed by atoms with Crippen LogP contribution in [-0.2, 0) is 9.47 Å². The first-order valence-electron chi connectivity index (χ1n) is 10.6. The van der Waals surface area contributed by atoms with Gasteiger partial charge in [-0.15, -0.1) is 0 Å². The summed E-state index contributed by atoms with van der Waals surface area (Å²) in [6, 6.07) is 7.81. The third-order valence-corrected chi connectivity index (χ3v) is 5.89. The van der Waals surface area contributed by atoms with E-state index in [0.717, 1.165) is 17.7 Å². The molecule has 0 saturated carbocycles. The minimum absolute atomic E-state index is 0.0149. The van der Waals surface area contributed by atoms with Crippen molar-refractivity contribution in [2.75, 3.05) is 13.7 Å². The standard InChI is InChI=1S/C23H38O4/c1-6-7-8-9-10-16(2)21(24)18(4)22-17(3)15-26-23(27-22)19-11-13-20(25-5)14-12-19/h11-14,16-18,21-24H,6-10,15H2,1-5H3/t16-,17-,18-,21-,22-,23?/m0/s1. The fraction of sp³-hybridized carbons (Fsp3) is 0.739. The van der Waals surface area contributed by atoms with Crippen LogP contribution in [0.3, 0.4) is 0 Å². The molecular weight excluding hydrogens is 340 g/mol. The van der Waals surface area contributed by atoms with Gasteiger partial charge in [0.05, 0.1) is 25.9 Å². The van der Waals surface area contributed by atoms with Crippen LogP contribution < -0.4 is 4.74 Å². The van der Waals surface area contributed by atoms with Crippen molar-refractivity contribution >= 4 is 0 Å². The van der Waals surface area contributed by atoms with Gasteiger partial charge in [-0.05, 0) is 24.5 Å². The molecule has 1 aromatic rings. The van der Waals surface area contributed by atoms with Crippen molar-refractivity contribution < 1.29 is 19.3 Å². The maximum atomic E-state index is 10.9. The summed E-state index contributed by atoms with van der Waals surface area (Å²) in [5.41, 5.74) is 0.988. The normalized spacial score (nSPS) is 26.4. The van der Waals surface area contributed by atoms with E-state index in [9.17, 15) is 5.11 Å². The van der Waals surface area contributed by atoms with Crippen LogP contribution >= 0.6 is 0 Å². The Morgan fingerprint density at radius 3 is 2.48 bits per heavy atom. The van der Waals surface area contributed by atoms with Crippen molar-refractivity contribution in [2.45, 2.75) is 78.3 Å². The van der Waals surface area contributed by atoms with Crippen LogP contribution in [0.2, 0.25) is 0 Å². The van der Waals surface area contributed by atoms with Crippen LogP contribution in [0, 0.1) is 17.8 Å². The first kappa shape index (κ1) is 22.2. The molecule has 4 heteroatoms. The summed E-state index contributed by atoms with van der Waals surface area (Å²) in [7, 11) is 1.66. The molecular formula is C23H38O4. The molecule has 0 radical (unpaired) electrons. The van der Waals surface area contributed by atoms with Crippen LogP contribution in [0.25, 0.3) is 0 Å². The SMILES string of the molecule is CCCCCC[C@H](C)[C@H](O)[C@H](C)[C@H]1OC(c2ccc(OC)cc2)OC[C@@H]1C.